The summed E-state index contributed by atoms with van der Waals surface area (Å²) in [4.78, 5) is 12.5. The molecule has 0 bridgehead atoms. The van der Waals surface area contributed by atoms with Gasteiger partial charge in [0, 0.05) is 30.1 Å². The molecule has 1 aromatic heterocycles. The Morgan fingerprint density at radius 2 is 2.00 bits per heavy atom. The second-order valence-electron chi connectivity index (χ2n) is 8.99. The molecule has 5 nitrogen and oxygen atoms in total. The van der Waals surface area contributed by atoms with Crippen LogP contribution in [0.1, 0.15) is 57.6 Å². The van der Waals surface area contributed by atoms with Gasteiger partial charge in [-0.25, -0.2) is 0 Å². The highest BCUT2D eigenvalue weighted by atomic mass is 32.1. The number of anilines is 1. The summed E-state index contributed by atoms with van der Waals surface area (Å²) in [6.45, 7) is 7.05. The van der Waals surface area contributed by atoms with Crippen LogP contribution in [0.3, 0.4) is 0 Å². The molecular formula is C24H31N3O2S. The molecule has 4 rings (SSSR count). The van der Waals surface area contributed by atoms with Gasteiger partial charge in [0.25, 0.3) is 0 Å². The van der Waals surface area contributed by atoms with Gasteiger partial charge >= 0.3 is 0 Å². The van der Waals surface area contributed by atoms with E-state index in [9.17, 15) is 4.79 Å². The van der Waals surface area contributed by atoms with Gasteiger partial charge < -0.3 is 20.4 Å². The van der Waals surface area contributed by atoms with E-state index >= 15 is 0 Å². The van der Waals surface area contributed by atoms with Gasteiger partial charge in [-0.3, -0.25) is 4.79 Å². The number of hydrogen-bond donors (Lipinski definition) is 3. The Kier molecular flexibility index (Phi) is 6.14. The minimum absolute atomic E-state index is 0.174. The molecule has 30 heavy (non-hydrogen) atoms. The van der Waals surface area contributed by atoms with Crippen molar-refractivity contribution in [1.82, 2.24) is 10.6 Å². The minimum atomic E-state index is 0.174. The van der Waals surface area contributed by atoms with Crippen LogP contribution in [0.2, 0.25) is 0 Å². The lowest BCUT2D eigenvalue weighted by Crippen LogP contribution is -2.40. The van der Waals surface area contributed by atoms with Crippen molar-refractivity contribution >= 4 is 39.9 Å². The second kappa shape index (κ2) is 8.80. The summed E-state index contributed by atoms with van der Waals surface area (Å²) in [5.41, 5.74) is 6.88. The van der Waals surface area contributed by atoms with Gasteiger partial charge in [0.05, 0.1) is 6.26 Å². The van der Waals surface area contributed by atoms with Crippen LogP contribution in [0.4, 0.5) is 5.69 Å². The second-order valence-corrected chi connectivity index (χ2v) is 9.40. The molecule has 1 fully saturated rings. The summed E-state index contributed by atoms with van der Waals surface area (Å²) >= 11 is 5.54. The van der Waals surface area contributed by atoms with Crippen LogP contribution in [0.15, 0.2) is 34.0 Å². The fourth-order valence-corrected chi connectivity index (χ4v) is 4.41. The van der Waals surface area contributed by atoms with Crippen molar-refractivity contribution < 1.29 is 9.21 Å². The first-order chi connectivity index (χ1) is 14.4. The van der Waals surface area contributed by atoms with E-state index in [4.69, 9.17) is 16.6 Å². The van der Waals surface area contributed by atoms with Crippen molar-refractivity contribution in [3.05, 3.63) is 40.7 Å². The Balaban J connectivity index is 1.47. The van der Waals surface area contributed by atoms with Gasteiger partial charge in [-0.15, -0.1) is 0 Å². The SMILES string of the molecule is CC(C)=C(C)CNC(=S)Nc1ccc2occ3c2c1CC(CC(=O)NC1CCC1)C3. The third-order valence-corrected chi connectivity index (χ3v) is 6.73. The highest BCUT2D eigenvalue weighted by molar-refractivity contribution is 7.80. The average molecular weight is 426 g/mol. The summed E-state index contributed by atoms with van der Waals surface area (Å²) in [7, 11) is 0. The molecular weight excluding hydrogens is 394 g/mol. The lowest BCUT2D eigenvalue weighted by molar-refractivity contribution is -0.123. The molecule has 1 amide bonds. The largest absolute Gasteiger partial charge is 0.464 e. The quantitative estimate of drug-likeness (QED) is 0.456. The summed E-state index contributed by atoms with van der Waals surface area (Å²) in [6, 6.07) is 4.42. The monoisotopic (exact) mass is 425 g/mol. The molecule has 6 heteroatoms. The molecule has 1 saturated carbocycles. The van der Waals surface area contributed by atoms with E-state index in [2.05, 4.69) is 36.7 Å². The van der Waals surface area contributed by atoms with Crippen molar-refractivity contribution in [2.75, 3.05) is 11.9 Å². The fraction of sp³-hybridized carbons (Fsp3) is 0.500. The molecule has 2 aliphatic carbocycles. The number of carbonyl (C=O) groups is 1. The van der Waals surface area contributed by atoms with Crippen LogP contribution in [-0.2, 0) is 17.6 Å². The maximum atomic E-state index is 12.5. The van der Waals surface area contributed by atoms with Crippen molar-refractivity contribution in [2.45, 2.75) is 65.3 Å². The number of thiocarbonyl (C=S) groups is 1. The number of benzene rings is 1. The molecule has 160 valence electrons. The highest BCUT2D eigenvalue weighted by Crippen LogP contribution is 2.38. The number of hydrogen-bond acceptors (Lipinski definition) is 3. The summed E-state index contributed by atoms with van der Waals surface area (Å²) in [6.07, 6.45) is 7.59. The molecule has 1 aromatic carbocycles. The zero-order valence-electron chi connectivity index (χ0n) is 18.1. The van der Waals surface area contributed by atoms with Gasteiger partial charge in [0.1, 0.15) is 5.58 Å². The Labute approximate surface area is 183 Å². The smallest absolute Gasteiger partial charge is 0.220 e. The van der Waals surface area contributed by atoms with Gasteiger partial charge in [0.15, 0.2) is 5.11 Å². The van der Waals surface area contributed by atoms with Crippen LogP contribution in [-0.4, -0.2) is 23.6 Å². The molecule has 0 aliphatic heterocycles. The first-order valence-corrected chi connectivity index (χ1v) is 11.3. The third-order valence-electron chi connectivity index (χ3n) is 6.49. The van der Waals surface area contributed by atoms with Crippen LogP contribution >= 0.6 is 12.2 Å². The summed E-state index contributed by atoms with van der Waals surface area (Å²) < 4.78 is 5.79. The highest BCUT2D eigenvalue weighted by Gasteiger charge is 2.28. The third kappa shape index (κ3) is 4.53. The molecule has 1 heterocycles. The topological polar surface area (TPSA) is 66.3 Å². The van der Waals surface area contributed by atoms with Gasteiger partial charge in [-0.1, -0.05) is 11.1 Å². The van der Waals surface area contributed by atoms with Crippen LogP contribution in [0.5, 0.6) is 0 Å². The van der Waals surface area contributed by atoms with E-state index in [1.54, 1.807) is 0 Å². The predicted octanol–water partition coefficient (Wildman–Crippen LogP) is 4.85. The van der Waals surface area contributed by atoms with Gasteiger partial charge in [0.2, 0.25) is 5.91 Å². The maximum absolute atomic E-state index is 12.5. The zero-order valence-corrected chi connectivity index (χ0v) is 18.9. The number of rotatable bonds is 6. The summed E-state index contributed by atoms with van der Waals surface area (Å²) in [5, 5.41) is 11.6. The van der Waals surface area contributed by atoms with Crippen LogP contribution in [0, 0.1) is 5.92 Å². The zero-order chi connectivity index (χ0) is 21.3. The van der Waals surface area contributed by atoms with Crippen molar-refractivity contribution in [1.29, 1.82) is 0 Å². The Hall–Kier alpha value is -2.34. The van der Waals surface area contributed by atoms with E-state index in [-0.39, 0.29) is 11.8 Å². The van der Waals surface area contributed by atoms with Crippen LogP contribution in [0.25, 0.3) is 11.0 Å². The number of amides is 1. The first kappa shape index (κ1) is 20.9. The molecule has 3 N–H and O–H groups in total. The minimum Gasteiger partial charge on any atom is -0.464 e. The van der Waals surface area contributed by atoms with Crippen molar-refractivity contribution in [3.63, 3.8) is 0 Å². The van der Waals surface area contributed by atoms with Crippen LogP contribution < -0.4 is 16.0 Å². The summed E-state index contributed by atoms with van der Waals surface area (Å²) in [5.74, 6) is 0.448. The van der Waals surface area contributed by atoms with E-state index in [0.717, 1.165) is 43.5 Å². The van der Waals surface area contributed by atoms with Gasteiger partial charge in [-0.2, -0.15) is 0 Å². The van der Waals surface area contributed by atoms with Gasteiger partial charge in [-0.05, 0) is 94.3 Å². The molecule has 0 saturated heterocycles. The standard InChI is InChI=1S/C24H31N3O2S/c1-14(2)15(3)12-25-24(30)27-20-7-8-21-23-17(13-29-21)9-16(10-19(20)23)11-22(28)26-18-5-4-6-18/h7-8,13,16,18H,4-6,9-12H2,1-3H3,(H,26,28)(H2,25,27,30). The molecule has 1 atom stereocenters. The van der Waals surface area contributed by atoms with Crippen molar-refractivity contribution in [2.24, 2.45) is 5.92 Å². The average Bonchev–Trinajstić information content (AvgIpc) is 3.08. The van der Waals surface area contributed by atoms with E-state index in [1.165, 1.54) is 34.1 Å². The number of nitrogens with one attached hydrogen (secondary N) is 3. The molecule has 1 unspecified atom stereocenters. The number of carbonyl (C=O) groups excluding carboxylic acids is 1. The molecule has 2 aromatic rings. The molecule has 0 spiro atoms. The Morgan fingerprint density at radius 1 is 1.20 bits per heavy atom. The van der Waals surface area contributed by atoms with E-state index < -0.39 is 0 Å². The Bertz CT molecular complexity index is 999. The predicted molar refractivity (Wildman–Crippen MR) is 126 cm³/mol. The van der Waals surface area contributed by atoms with E-state index in [0.29, 0.717) is 17.6 Å². The van der Waals surface area contributed by atoms with E-state index in [1.807, 2.05) is 18.4 Å². The lowest BCUT2D eigenvalue weighted by Gasteiger charge is -2.28. The lowest BCUT2D eigenvalue weighted by atomic mass is 9.82. The van der Waals surface area contributed by atoms with Crippen molar-refractivity contribution in [3.8, 4) is 0 Å². The fourth-order valence-electron chi connectivity index (χ4n) is 4.22. The molecule has 2 aliphatic rings. The molecule has 0 radical (unpaired) electrons. The number of allylic oxidation sites excluding steroid dienone is 1. The number of furan rings is 1. The normalized spacial score (nSPS) is 17.9. The Morgan fingerprint density at radius 3 is 2.70 bits per heavy atom. The maximum Gasteiger partial charge on any atom is 0.220 e. The first-order valence-electron chi connectivity index (χ1n) is 10.9.